The normalized spacial score (nSPS) is 18.5. The van der Waals surface area contributed by atoms with Crippen LogP contribution in [0.3, 0.4) is 0 Å². The molecule has 1 saturated heterocycles. The fraction of sp³-hybridized carbons (Fsp3) is 0.417. The molecule has 1 fully saturated rings. The van der Waals surface area contributed by atoms with E-state index in [1.54, 1.807) is 12.1 Å². The molecule has 4 nitrogen and oxygen atoms in total. The number of halogens is 1. The zero-order chi connectivity index (χ0) is 12.3. The number of nitrogens with zero attached hydrogens (tertiary/aromatic N) is 1. The van der Waals surface area contributed by atoms with Crippen LogP contribution in [-0.2, 0) is 4.79 Å². The second kappa shape index (κ2) is 6.87. The smallest absolute Gasteiger partial charge is 0.232 e. The largest absolute Gasteiger partial charge is 0.508 e. The highest BCUT2D eigenvalue weighted by molar-refractivity contribution is 8.00. The molecule has 1 amide bonds. The van der Waals surface area contributed by atoms with Gasteiger partial charge in [-0.1, -0.05) is 0 Å². The summed E-state index contributed by atoms with van der Waals surface area (Å²) in [7, 11) is 0. The molecule has 100 valence electrons. The van der Waals surface area contributed by atoms with Crippen molar-refractivity contribution in [1.82, 2.24) is 4.90 Å². The van der Waals surface area contributed by atoms with Crippen molar-refractivity contribution in [3.05, 3.63) is 24.3 Å². The highest BCUT2D eigenvalue weighted by Gasteiger charge is 2.23. The summed E-state index contributed by atoms with van der Waals surface area (Å²) in [5.41, 5.74) is 5.76. The Bertz CT molecular complexity index is 400. The standard InChI is InChI=1S/C12H16N2O2S.ClH/c13-9-5-6-14(7-9)12(16)8-17-11-3-1-10(15)2-4-11;/h1-4,9,15H,5-8,13H2;1H/t9-;/m1./s1. The molecule has 1 aromatic rings. The lowest BCUT2D eigenvalue weighted by Crippen LogP contribution is -2.33. The first kappa shape index (κ1) is 15.1. The third-order valence-corrected chi connectivity index (χ3v) is 3.77. The van der Waals surface area contributed by atoms with Gasteiger partial charge in [-0.3, -0.25) is 4.79 Å². The molecule has 0 bridgehead atoms. The Labute approximate surface area is 117 Å². The molecule has 18 heavy (non-hydrogen) atoms. The Morgan fingerprint density at radius 1 is 1.44 bits per heavy atom. The van der Waals surface area contributed by atoms with Gasteiger partial charge in [0, 0.05) is 24.0 Å². The van der Waals surface area contributed by atoms with Gasteiger partial charge in [-0.25, -0.2) is 0 Å². The predicted octanol–water partition coefficient (Wildman–Crippen LogP) is 1.47. The van der Waals surface area contributed by atoms with E-state index in [1.165, 1.54) is 11.8 Å². The molecule has 0 radical (unpaired) electrons. The van der Waals surface area contributed by atoms with Crippen LogP contribution in [0.15, 0.2) is 29.2 Å². The minimum Gasteiger partial charge on any atom is -0.508 e. The number of likely N-dealkylation sites (tertiary alicyclic amines) is 1. The fourth-order valence-corrected chi connectivity index (χ4v) is 2.59. The van der Waals surface area contributed by atoms with Crippen molar-refractivity contribution < 1.29 is 9.90 Å². The third-order valence-electron chi connectivity index (χ3n) is 2.78. The number of hydrogen-bond donors (Lipinski definition) is 2. The van der Waals surface area contributed by atoms with Crippen LogP contribution >= 0.6 is 24.2 Å². The van der Waals surface area contributed by atoms with Crippen LogP contribution in [0.1, 0.15) is 6.42 Å². The van der Waals surface area contributed by atoms with Crippen LogP contribution < -0.4 is 5.73 Å². The number of thioether (sulfide) groups is 1. The number of hydrogen-bond acceptors (Lipinski definition) is 4. The Kier molecular flexibility index (Phi) is 5.78. The summed E-state index contributed by atoms with van der Waals surface area (Å²) in [6.45, 7) is 1.45. The minimum absolute atomic E-state index is 0. The molecule has 0 aromatic heterocycles. The van der Waals surface area contributed by atoms with Gasteiger partial charge in [0.2, 0.25) is 5.91 Å². The lowest BCUT2D eigenvalue weighted by atomic mass is 10.3. The SMILES string of the molecule is Cl.N[C@@H]1CCN(C(=O)CSc2ccc(O)cc2)C1. The van der Waals surface area contributed by atoms with E-state index < -0.39 is 0 Å². The molecular weight excluding hydrogens is 272 g/mol. The number of amides is 1. The van der Waals surface area contributed by atoms with E-state index >= 15 is 0 Å². The Morgan fingerprint density at radius 2 is 2.11 bits per heavy atom. The Balaban J connectivity index is 0.00000162. The zero-order valence-corrected chi connectivity index (χ0v) is 11.5. The van der Waals surface area contributed by atoms with Crippen molar-refractivity contribution in [1.29, 1.82) is 0 Å². The lowest BCUT2D eigenvalue weighted by molar-refractivity contribution is -0.127. The summed E-state index contributed by atoms with van der Waals surface area (Å²) in [6.07, 6.45) is 0.898. The molecule has 6 heteroatoms. The first-order valence-electron chi connectivity index (χ1n) is 5.60. The summed E-state index contributed by atoms with van der Waals surface area (Å²) in [5, 5.41) is 9.14. The van der Waals surface area contributed by atoms with Crippen molar-refractivity contribution in [2.45, 2.75) is 17.4 Å². The van der Waals surface area contributed by atoms with Crippen molar-refractivity contribution in [2.24, 2.45) is 5.73 Å². The van der Waals surface area contributed by atoms with Gasteiger partial charge in [0.15, 0.2) is 0 Å². The topological polar surface area (TPSA) is 66.6 Å². The van der Waals surface area contributed by atoms with Crippen LogP contribution in [0.4, 0.5) is 0 Å². The predicted molar refractivity (Wildman–Crippen MR) is 75.3 cm³/mol. The van der Waals surface area contributed by atoms with Crippen molar-refractivity contribution in [2.75, 3.05) is 18.8 Å². The van der Waals surface area contributed by atoms with Gasteiger partial charge in [-0.2, -0.15) is 0 Å². The van der Waals surface area contributed by atoms with E-state index in [1.807, 2.05) is 17.0 Å². The lowest BCUT2D eigenvalue weighted by Gasteiger charge is -2.15. The molecule has 0 unspecified atom stereocenters. The van der Waals surface area contributed by atoms with Crippen molar-refractivity contribution >= 4 is 30.1 Å². The van der Waals surface area contributed by atoms with Gasteiger partial charge in [0.05, 0.1) is 5.75 Å². The first-order chi connectivity index (χ1) is 8.15. The highest BCUT2D eigenvalue weighted by atomic mass is 35.5. The molecule has 1 atom stereocenters. The third kappa shape index (κ3) is 4.08. The van der Waals surface area contributed by atoms with Crippen LogP contribution in [0, 0.1) is 0 Å². The summed E-state index contributed by atoms with van der Waals surface area (Å²) in [5.74, 6) is 0.805. The van der Waals surface area contributed by atoms with Gasteiger partial charge in [0.1, 0.15) is 5.75 Å². The quantitative estimate of drug-likeness (QED) is 0.827. The number of carbonyl (C=O) groups is 1. The number of nitrogens with two attached hydrogens (primary N) is 1. The molecule has 0 saturated carbocycles. The number of rotatable bonds is 3. The van der Waals surface area contributed by atoms with E-state index in [2.05, 4.69) is 0 Å². The second-order valence-electron chi connectivity index (χ2n) is 4.17. The molecule has 1 aliphatic rings. The number of phenols is 1. The van der Waals surface area contributed by atoms with Crippen molar-refractivity contribution in [3.8, 4) is 5.75 Å². The van der Waals surface area contributed by atoms with Crippen LogP contribution in [-0.4, -0.2) is 40.8 Å². The minimum atomic E-state index is 0. The molecule has 3 N–H and O–H groups in total. The molecule has 0 aliphatic carbocycles. The van der Waals surface area contributed by atoms with Crippen molar-refractivity contribution in [3.63, 3.8) is 0 Å². The maximum Gasteiger partial charge on any atom is 0.232 e. The number of carbonyl (C=O) groups excluding carboxylic acids is 1. The van der Waals surface area contributed by atoms with Gasteiger partial charge < -0.3 is 15.7 Å². The summed E-state index contributed by atoms with van der Waals surface area (Å²) >= 11 is 1.48. The maximum atomic E-state index is 11.8. The summed E-state index contributed by atoms with van der Waals surface area (Å²) < 4.78 is 0. The van der Waals surface area contributed by atoms with Gasteiger partial charge in [0.25, 0.3) is 0 Å². The fourth-order valence-electron chi connectivity index (χ4n) is 1.79. The van der Waals surface area contributed by atoms with E-state index in [9.17, 15) is 4.79 Å². The van der Waals surface area contributed by atoms with E-state index in [0.717, 1.165) is 17.9 Å². The van der Waals surface area contributed by atoms with Crippen LogP contribution in [0.2, 0.25) is 0 Å². The highest BCUT2D eigenvalue weighted by Crippen LogP contribution is 2.21. The zero-order valence-electron chi connectivity index (χ0n) is 9.91. The maximum absolute atomic E-state index is 11.8. The first-order valence-corrected chi connectivity index (χ1v) is 6.59. The summed E-state index contributed by atoms with van der Waals surface area (Å²) in [4.78, 5) is 14.6. The van der Waals surface area contributed by atoms with Gasteiger partial charge >= 0.3 is 0 Å². The molecule has 0 spiro atoms. The number of benzene rings is 1. The average molecular weight is 289 g/mol. The summed E-state index contributed by atoms with van der Waals surface area (Å²) in [6, 6.07) is 7.00. The number of phenolic OH excluding ortho intramolecular Hbond substituents is 1. The van der Waals surface area contributed by atoms with Gasteiger partial charge in [-0.05, 0) is 30.7 Å². The van der Waals surface area contributed by atoms with Crippen LogP contribution in [0.25, 0.3) is 0 Å². The van der Waals surface area contributed by atoms with Gasteiger partial charge in [-0.15, -0.1) is 24.2 Å². The Hall–Kier alpha value is -0.910. The molecule has 1 aliphatic heterocycles. The molecule has 1 heterocycles. The Morgan fingerprint density at radius 3 is 2.67 bits per heavy atom. The monoisotopic (exact) mass is 288 g/mol. The van der Waals surface area contributed by atoms with Crippen LogP contribution in [0.5, 0.6) is 5.75 Å². The van der Waals surface area contributed by atoms with E-state index in [-0.39, 0.29) is 30.1 Å². The second-order valence-corrected chi connectivity index (χ2v) is 5.22. The van der Waals surface area contributed by atoms with E-state index in [0.29, 0.717) is 12.3 Å². The van der Waals surface area contributed by atoms with E-state index in [4.69, 9.17) is 10.8 Å². The molecule has 1 aromatic carbocycles. The molecular formula is C12H17ClN2O2S. The molecule has 2 rings (SSSR count). The number of aromatic hydroxyl groups is 1. The average Bonchev–Trinajstić information content (AvgIpc) is 2.75.